The third kappa shape index (κ3) is 3.22. The molecule has 7 heteroatoms. The second kappa shape index (κ2) is 4.87. The number of alkyl halides is 5. The maximum absolute atomic E-state index is 12.7. The molecule has 0 heterocycles. The maximum atomic E-state index is 12.7. The van der Waals surface area contributed by atoms with Gasteiger partial charge >= 0.3 is 12.1 Å². The van der Waals surface area contributed by atoms with Crippen molar-refractivity contribution in [3.8, 4) is 0 Å². The number of rotatable bonds is 2. The highest BCUT2D eigenvalue weighted by atomic mass is 32.2. The highest BCUT2D eigenvalue weighted by Gasteiger charge is 2.63. The molecule has 100 valence electrons. The lowest BCUT2D eigenvalue weighted by atomic mass is 10.2. The Morgan fingerprint density at radius 3 is 1.83 bits per heavy atom. The number of carbonyl (C=O) groups excluding carboxylic acids is 1. The molecule has 0 amide bonds. The Hall–Kier alpha value is -1.11. The number of carbonyl (C=O) groups is 1. The highest BCUT2D eigenvalue weighted by Crippen LogP contribution is 2.40. The fraction of sp³-hybridized carbons (Fsp3) is 0.364. The van der Waals surface area contributed by atoms with E-state index in [4.69, 9.17) is 0 Å². The van der Waals surface area contributed by atoms with Crippen LogP contribution in [0.1, 0.15) is 11.1 Å². The first-order valence-corrected chi connectivity index (χ1v) is 5.61. The van der Waals surface area contributed by atoms with E-state index in [0.29, 0.717) is 11.1 Å². The van der Waals surface area contributed by atoms with Gasteiger partial charge in [0.15, 0.2) is 0 Å². The minimum atomic E-state index is -5.87. The van der Waals surface area contributed by atoms with Gasteiger partial charge < -0.3 is 0 Å². The maximum Gasteiger partial charge on any atom is 0.462 e. The van der Waals surface area contributed by atoms with Gasteiger partial charge in [0.1, 0.15) is 0 Å². The summed E-state index contributed by atoms with van der Waals surface area (Å²) >= 11 is -0.103. The summed E-state index contributed by atoms with van der Waals surface area (Å²) in [5.74, 6) is -5.34. The third-order valence-corrected chi connectivity index (χ3v) is 2.93. The van der Waals surface area contributed by atoms with Crippen LogP contribution in [0.25, 0.3) is 0 Å². The molecule has 1 nitrogen and oxygen atoms in total. The number of hydrogen-bond acceptors (Lipinski definition) is 2. The van der Waals surface area contributed by atoms with E-state index in [2.05, 4.69) is 0 Å². The summed E-state index contributed by atoms with van der Waals surface area (Å²) in [6.45, 7) is 3.31. The van der Waals surface area contributed by atoms with Crippen molar-refractivity contribution in [1.29, 1.82) is 0 Å². The lowest BCUT2D eigenvalue weighted by Gasteiger charge is -2.17. The van der Waals surface area contributed by atoms with Crippen molar-refractivity contribution in [2.45, 2.75) is 30.8 Å². The van der Waals surface area contributed by atoms with E-state index in [1.165, 1.54) is 12.1 Å². The average molecular weight is 284 g/mol. The Labute approximate surface area is 104 Å². The number of thioether (sulfide) groups is 1. The van der Waals surface area contributed by atoms with Crippen molar-refractivity contribution in [3.63, 3.8) is 0 Å². The summed E-state index contributed by atoms with van der Waals surface area (Å²) < 4.78 is 61.3. The zero-order chi connectivity index (χ0) is 14.1. The zero-order valence-electron chi connectivity index (χ0n) is 9.44. The van der Waals surface area contributed by atoms with Crippen LogP contribution in [0.2, 0.25) is 0 Å². The first kappa shape index (κ1) is 14.9. The van der Waals surface area contributed by atoms with Crippen molar-refractivity contribution < 1.29 is 26.7 Å². The van der Waals surface area contributed by atoms with Gasteiger partial charge in [0.25, 0.3) is 5.12 Å². The van der Waals surface area contributed by atoms with E-state index in [9.17, 15) is 26.7 Å². The normalized spacial score (nSPS) is 12.6. The predicted octanol–water partition coefficient (Wildman–Crippen LogP) is 4.12. The summed E-state index contributed by atoms with van der Waals surface area (Å²) in [5, 5.41) is -2.22. The molecular weight excluding hydrogens is 275 g/mol. The van der Waals surface area contributed by atoms with E-state index < -0.39 is 17.2 Å². The van der Waals surface area contributed by atoms with E-state index in [1.54, 1.807) is 19.9 Å². The van der Waals surface area contributed by atoms with Crippen molar-refractivity contribution in [2.24, 2.45) is 0 Å². The summed E-state index contributed by atoms with van der Waals surface area (Å²) in [5.41, 5.74) is 1.36. The molecule has 1 aromatic carbocycles. The number of benzene rings is 1. The van der Waals surface area contributed by atoms with Gasteiger partial charge in [-0.2, -0.15) is 22.0 Å². The molecule has 1 aromatic rings. The fourth-order valence-corrected chi connectivity index (χ4v) is 2.23. The van der Waals surface area contributed by atoms with Gasteiger partial charge in [0.2, 0.25) is 0 Å². The number of aryl methyl sites for hydroxylation is 2. The number of hydrogen-bond donors (Lipinski definition) is 0. The van der Waals surface area contributed by atoms with Crippen molar-refractivity contribution in [3.05, 3.63) is 29.3 Å². The molecule has 0 saturated carbocycles. The largest absolute Gasteiger partial charge is 0.462 e. The van der Waals surface area contributed by atoms with Gasteiger partial charge in [-0.25, -0.2) is 0 Å². The molecule has 0 spiro atoms. The van der Waals surface area contributed by atoms with Crippen LogP contribution in [0.3, 0.4) is 0 Å². The van der Waals surface area contributed by atoms with E-state index in [-0.39, 0.29) is 16.7 Å². The van der Waals surface area contributed by atoms with E-state index >= 15 is 0 Å². The fourth-order valence-electron chi connectivity index (χ4n) is 1.28. The van der Waals surface area contributed by atoms with Gasteiger partial charge in [-0.05, 0) is 48.9 Å². The highest BCUT2D eigenvalue weighted by molar-refractivity contribution is 8.13. The molecule has 0 aliphatic heterocycles. The summed E-state index contributed by atoms with van der Waals surface area (Å²) in [6.07, 6.45) is -5.87. The molecule has 0 N–H and O–H groups in total. The van der Waals surface area contributed by atoms with Gasteiger partial charge in [-0.1, -0.05) is 6.07 Å². The first-order chi connectivity index (χ1) is 8.04. The molecule has 0 atom stereocenters. The van der Waals surface area contributed by atoms with Crippen LogP contribution in [0.15, 0.2) is 23.1 Å². The molecule has 0 unspecified atom stereocenters. The van der Waals surface area contributed by atoms with Crippen LogP contribution < -0.4 is 0 Å². The van der Waals surface area contributed by atoms with E-state index in [1.807, 2.05) is 0 Å². The summed E-state index contributed by atoms with van der Waals surface area (Å²) in [6, 6.07) is 4.47. The number of halogens is 5. The molecule has 0 bridgehead atoms. The van der Waals surface area contributed by atoms with Gasteiger partial charge in [-0.3, -0.25) is 4.79 Å². The van der Waals surface area contributed by atoms with Crippen LogP contribution >= 0.6 is 11.8 Å². The molecule has 0 radical (unpaired) electrons. The smallest absolute Gasteiger partial charge is 0.280 e. The second-order valence-electron chi connectivity index (χ2n) is 3.79. The Bertz CT molecular complexity index is 447. The van der Waals surface area contributed by atoms with Crippen molar-refractivity contribution in [2.75, 3.05) is 0 Å². The van der Waals surface area contributed by atoms with E-state index in [0.717, 1.165) is 0 Å². The molecule has 0 aromatic heterocycles. The van der Waals surface area contributed by atoms with Crippen LogP contribution in [-0.2, 0) is 4.79 Å². The topological polar surface area (TPSA) is 17.1 Å². The average Bonchev–Trinajstić information content (AvgIpc) is 2.13. The summed E-state index contributed by atoms with van der Waals surface area (Å²) in [4.78, 5) is 11.1. The molecule has 0 aliphatic rings. The van der Waals surface area contributed by atoms with Crippen molar-refractivity contribution >= 4 is 16.9 Å². The Kier molecular flexibility index (Phi) is 4.05. The summed E-state index contributed by atoms with van der Waals surface area (Å²) in [7, 11) is 0. The van der Waals surface area contributed by atoms with Crippen LogP contribution in [0.4, 0.5) is 22.0 Å². The van der Waals surface area contributed by atoms with Crippen LogP contribution in [0, 0.1) is 13.8 Å². The Balaban J connectivity index is 2.95. The predicted molar refractivity (Wildman–Crippen MR) is 57.8 cm³/mol. The van der Waals surface area contributed by atoms with Crippen LogP contribution in [0.5, 0.6) is 0 Å². The van der Waals surface area contributed by atoms with Gasteiger partial charge in [-0.15, -0.1) is 0 Å². The Morgan fingerprint density at radius 2 is 1.44 bits per heavy atom. The quantitative estimate of drug-likeness (QED) is 0.600. The molecule has 0 aliphatic carbocycles. The monoisotopic (exact) mass is 284 g/mol. The van der Waals surface area contributed by atoms with Crippen molar-refractivity contribution in [1.82, 2.24) is 0 Å². The second-order valence-corrected chi connectivity index (χ2v) is 4.83. The Morgan fingerprint density at radius 1 is 1.00 bits per heavy atom. The first-order valence-electron chi connectivity index (χ1n) is 4.79. The van der Waals surface area contributed by atoms with Gasteiger partial charge in [0.05, 0.1) is 0 Å². The molecule has 0 fully saturated rings. The lowest BCUT2D eigenvalue weighted by molar-refractivity contribution is -0.264. The minimum Gasteiger partial charge on any atom is -0.280 e. The zero-order valence-corrected chi connectivity index (χ0v) is 10.3. The molecule has 1 rings (SSSR count). The molecule has 0 saturated heterocycles. The SMILES string of the molecule is Cc1cc(C)cc(SC(=O)C(F)(F)C(F)(F)F)c1. The standard InChI is InChI=1S/C11H9F5OS/c1-6-3-7(2)5-8(4-6)18-9(17)10(12,13)11(14,15)16/h3-5H,1-2H3. The molecular formula is C11H9F5OS. The lowest BCUT2D eigenvalue weighted by Crippen LogP contribution is -2.42. The molecule has 18 heavy (non-hydrogen) atoms. The van der Waals surface area contributed by atoms with Crippen LogP contribution in [-0.4, -0.2) is 17.2 Å². The third-order valence-electron chi connectivity index (χ3n) is 2.02. The van der Waals surface area contributed by atoms with Gasteiger partial charge in [0, 0.05) is 4.90 Å². The minimum absolute atomic E-state index is 0.0708.